The summed E-state index contributed by atoms with van der Waals surface area (Å²) in [7, 11) is 0. The molecule has 0 aliphatic carbocycles. The second kappa shape index (κ2) is 5.94. The molecule has 0 unspecified atom stereocenters. The van der Waals surface area contributed by atoms with Gasteiger partial charge in [-0.05, 0) is 24.5 Å². The summed E-state index contributed by atoms with van der Waals surface area (Å²) in [6.07, 6.45) is 7.47. The molecule has 0 bridgehead atoms. The maximum absolute atomic E-state index is 10.9. The van der Waals surface area contributed by atoms with Crippen molar-refractivity contribution in [1.29, 1.82) is 0 Å². The van der Waals surface area contributed by atoms with Crippen LogP contribution in [0.15, 0.2) is 24.9 Å². The predicted molar refractivity (Wildman–Crippen MR) is 69.5 cm³/mol. The van der Waals surface area contributed by atoms with Crippen molar-refractivity contribution >= 4 is 17.3 Å². The van der Waals surface area contributed by atoms with Gasteiger partial charge in [0.25, 0.3) is 5.69 Å². The molecule has 1 heterocycles. The number of unbranched alkanes of at least 4 members (excludes halogenated alkanes) is 1. The van der Waals surface area contributed by atoms with Gasteiger partial charge in [-0.15, -0.1) is 0 Å². The first-order chi connectivity index (χ1) is 8.06. The van der Waals surface area contributed by atoms with Crippen LogP contribution in [0.4, 0.5) is 5.69 Å². The lowest BCUT2D eigenvalue weighted by molar-refractivity contribution is -0.385. The third-order valence-electron chi connectivity index (χ3n) is 2.26. The normalized spacial score (nSPS) is 10.7. The lowest BCUT2D eigenvalue weighted by atomic mass is 10.1. The molecule has 0 aliphatic rings. The second-order valence-electron chi connectivity index (χ2n) is 3.86. The van der Waals surface area contributed by atoms with Crippen molar-refractivity contribution in [3.8, 4) is 0 Å². The maximum atomic E-state index is 10.9. The largest absolute Gasteiger partial charge is 0.295 e. The Morgan fingerprint density at radius 3 is 2.88 bits per heavy atom. The minimum Gasteiger partial charge on any atom is -0.258 e. The van der Waals surface area contributed by atoms with E-state index in [1.54, 1.807) is 13.1 Å². The first kappa shape index (κ1) is 13.1. The zero-order valence-electron chi connectivity index (χ0n) is 10.1. The first-order valence-corrected chi connectivity index (χ1v) is 5.53. The molecular formula is C13H16N2O2. The molecule has 1 aromatic heterocycles. The molecule has 0 radical (unpaired) electrons. The predicted octanol–water partition coefficient (Wildman–Crippen LogP) is 3.84. The van der Waals surface area contributed by atoms with Crippen LogP contribution in [-0.4, -0.2) is 9.91 Å². The van der Waals surface area contributed by atoms with Crippen LogP contribution in [0.25, 0.3) is 11.6 Å². The van der Waals surface area contributed by atoms with Crippen LogP contribution in [0.5, 0.6) is 0 Å². The molecule has 0 aliphatic heterocycles. The van der Waals surface area contributed by atoms with Gasteiger partial charge in [0, 0.05) is 12.3 Å². The zero-order valence-corrected chi connectivity index (χ0v) is 10.1. The van der Waals surface area contributed by atoms with Crippen molar-refractivity contribution in [2.45, 2.75) is 26.7 Å². The Morgan fingerprint density at radius 1 is 1.65 bits per heavy atom. The highest BCUT2D eigenvalue weighted by atomic mass is 16.6. The van der Waals surface area contributed by atoms with E-state index in [1.165, 1.54) is 6.07 Å². The molecule has 0 saturated carbocycles. The van der Waals surface area contributed by atoms with Crippen LogP contribution in [0.3, 0.4) is 0 Å². The fourth-order valence-electron chi connectivity index (χ4n) is 1.41. The number of nitrogens with zero attached hydrogens (tertiary/aromatic N) is 2. The third-order valence-corrected chi connectivity index (χ3v) is 2.26. The van der Waals surface area contributed by atoms with E-state index in [2.05, 4.69) is 18.5 Å². The highest BCUT2D eigenvalue weighted by molar-refractivity contribution is 5.68. The molecule has 17 heavy (non-hydrogen) atoms. The van der Waals surface area contributed by atoms with Crippen LogP contribution in [0.2, 0.25) is 0 Å². The van der Waals surface area contributed by atoms with Crippen LogP contribution < -0.4 is 0 Å². The fourth-order valence-corrected chi connectivity index (χ4v) is 1.41. The Labute approximate surface area is 101 Å². The van der Waals surface area contributed by atoms with E-state index in [0.717, 1.165) is 18.4 Å². The van der Waals surface area contributed by atoms with Gasteiger partial charge in [0.2, 0.25) is 0 Å². The van der Waals surface area contributed by atoms with Gasteiger partial charge in [0.05, 0.1) is 4.92 Å². The standard InChI is InChI=1S/C13H16N2O2/c1-4-5-6-7-11-8-12(15(16)17)13(10(2)3)14-9-11/h6-9H,2,4-5H2,1,3H3/b7-6+. The van der Waals surface area contributed by atoms with E-state index in [0.29, 0.717) is 11.3 Å². The summed E-state index contributed by atoms with van der Waals surface area (Å²) in [4.78, 5) is 14.6. The minimum absolute atomic E-state index is 0.0103. The monoisotopic (exact) mass is 232 g/mol. The van der Waals surface area contributed by atoms with E-state index in [4.69, 9.17) is 0 Å². The molecule has 1 rings (SSSR count). The van der Waals surface area contributed by atoms with Gasteiger partial charge in [-0.1, -0.05) is 32.1 Å². The van der Waals surface area contributed by atoms with E-state index in [-0.39, 0.29) is 5.69 Å². The highest BCUT2D eigenvalue weighted by Crippen LogP contribution is 2.23. The topological polar surface area (TPSA) is 56.0 Å². The quantitative estimate of drug-likeness (QED) is 0.572. The van der Waals surface area contributed by atoms with Crippen LogP contribution >= 0.6 is 0 Å². The van der Waals surface area contributed by atoms with Crippen molar-refractivity contribution in [2.24, 2.45) is 0 Å². The van der Waals surface area contributed by atoms with Gasteiger partial charge in [-0.3, -0.25) is 10.1 Å². The number of aromatic nitrogens is 1. The molecular weight excluding hydrogens is 216 g/mol. The summed E-state index contributed by atoms with van der Waals surface area (Å²) < 4.78 is 0. The Hall–Kier alpha value is -1.97. The highest BCUT2D eigenvalue weighted by Gasteiger charge is 2.15. The maximum Gasteiger partial charge on any atom is 0.295 e. The lowest BCUT2D eigenvalue weighted by Gasteiger charge is -2.01. The SMILES string of the molecule is C=C(C)c1ncc(/C=C/CCC)cc1[N+](=O)[O-]. The molecule has 0 fully saturated rings. The van der Waals surface area contributed by atoms with Gasteiger partial charge in [-0.25, -0.2) is 4.98 Å². The van der Waals surface area contributed by atoms with Gasteiger partial charge in [0.1, 0.15) is 5.69 Å². The molecule has 4 heteroatoms. The summed E-state index contributed by atoms with van der Waals surface area (Å²) in [5.41, 5.74) is 1.70. The summed E-state index contributed by atoms with van der Waals surface area (Å²) in [5.74, 6) is 0. The van der Waals surface area contributed by atoms with E-state index in [1.807, 2.05) is 12.2 Å². The van der Waals surface area contributed by atoms with E-state index in [9.17, 15) is 10.1 Å². The smallest absolute Gasteiger partial charge is 0.258 e. The summed E-state index contributed by atoms with van der Waals surface area (Å²) in [6, 6.07) is 1.53. The number of pyridine rings is 1. The van der Waals surface area contributed by atoms with Crippen LogP contribution in [0.1, 0.15) is 37.9 Å². The Bertz CT molecular complexity index is 464. The van der Waals surface area contributed by atoms with E-state index >= 15 is 0 Å². The van der Waals surface area contributed by atoms with Crippen molar-refractivity contribution in [3.05, 3.63) is 46.3 Å². The number of allylic oxidation sites excluding steroid dienone is 2. The number of hydrogen-bond acceptors (Lipinski definition) is 3. The summed E-state index contributed by atoms with van der Waals surface area (Å²) in [5, 5.41) is 10.9. The fraction of sp³-hybridized carbons (Fsp3) is 0.308. The summed E-state index contributed by atoms with van der Waals surface area (Å²) in [6.45, 7) is 7.48. The zero-order chi connectivity index (χ0) is 12.8. The minimum atomic E-state index is -0.422. The average Bonchev–Trinajstić information content (AvgIpc) is 2.29. The van der Waals surface area contributed by atoms with E-state index < -0.39 is 4.92 Å². The van der Waals surface area contributed by atoms with Crippen molar-refractivity contribution < 1.29 is 4.92 Å². The Morgan fingerprint density at radius 2 is 2.35 bits per heavy atom. The van der Waals surface area contributed by atoms with Gasteiger partial charge >= 0.3 is 0 Å². The molecule has 0 saturated heterocycles. The number of nitro groups is 1. The average molecular weight is 232 g/mol. The van der Waals surface area contributed by atoms with Gasteiger partial charge < -0.3 is 0 Å². The molecule has 0 atom stereocenters. The Kier molecular flexibility index (Phi) is 4.57. The van der Waals surface area contributed by atoms with Crippen molar-refractivity contribution in [1.82, 2.24) is 4.98 Å². The molecule has 0 spiro atoms. The first-order valence-electron chi connectivity index (χ1n) is 5.53. The molecule has 90 valence electrons. The molecule has 1 aromatic rings. The van der Waals surface area contributed by atoms with Gasteiger partial charge in [-0.2, -0.15) is 0 Å². The van der Waals surface area contributed by atoms with Gasteiger partial charge in [0.15, 0.2) is 0 Å². The number of hydrogen-bond donors (Lipinski definition) is 0. The third kappa shape index (κ3) is 3.52. The second-order valence-corrected chi connectivity index (χ2v) is 3.86. The van der Waals surface area contributed by atoms with Crippen molar-refractivity contribution in [3.63, 3.8) is 0 Å². The van der Waals surface area contributed by atoms with Crippen LogP contribution in [0, 0.1) is 10.1 Å². The van der Waals surface area contributed by atoms with Crippen molar-refractivity contribution in [2.75, 3.05) is 0 Å². The molecule has 0 N–H and O–H groups in total. The molecule has 4 nitrogen and oxygen atoms in total. The van der Waals surface area contributed by atoms with Crippen LogP contribution in [-0.2, 0) is 0 Å². The molecule has 0 aromatic carbocycles. The molecule has 0 amide bonds. The Balaban J connectivity index is 3.10. The summed E-state index contributed by atoms with van der Waals surface area (Å²) >= 11 is 0. The number of rotatable bonds is 5. The lowest BCUT2D eigenvalue weighted by Crippen LogP contribution is -1.97.